The Balaban J connectivity index is 1.48. The van der Waals surface area contributed by atoms with Crippen LogP contribution >= 0.6 is 11.3 Å². The average molecular weight is 493 g/mol. The molecule has 1 amide bonds. The van der Waals surface area contributed by atoms with Crippen molar-refractivity contribution in [2.24, 2.45) is 4.99 Å². The number of anilines is 1. The van der Waals surface area contributed by atoms with E-state index in [1.165, 1.54) is 11.3 Å². The molecule has 1 aliphatic carbocycles. The molecule has 1 aromatic carbocycles. The van der Waals surface area contributed by atoms with Gasteiger partial charge in [0.1, 0.15) is 10.8 Å². The maximum absolute atomic E-state index is 13.2. The van der Waals surface area contributed by atoms with Crippen molar-refractivity contribution in [2.45, 2.75) is 51.5 Å². The van der Waals surface area contributed by atoms with Gasteiger partial charge in [0.05, 0.1) is 23.3 Å². The van der Waals surface area contributed by atoms with Gasteiger partial charge in [-0.15, -0.1) is 11.3 Å². The van der Waals surface area contributed by atoms with Crippen LogP contribution in [-0.2, 0) is 19.4 Å². The molecule has 1 aliphatic heterocycles. The van der Waals surface area contributed by atoms with Crippen molar-refractivity contribution < 1.29 is 14.1 Å². The van der Waals surface area contributed by atoms with Crippen molar-refractivity contribution in [1.29, 1.82) is 0 Å². The molecule has 1 fully saturated rings. The largest absolute Gasteiger partial charge is 0.467 e. The van der Waals surface area contributed by atoms with Gasteiger partial charge in [-0.2, -0.15) is 0 Å². The number of benzene rings is 1. The first-order chi connectivity index (χ1) is 17.1. The zero-order valence-corrected chi connectivity index (χ0v) is 20.3. The Hall–Kier alpha value is -3.46. The number of aliphatic imine (C=N–C) groups is 1. The summed E-state index contributed by atoms with van der Waals surface area (Å²) in [5, 5.41) is 15.1. The molecule has 2 aliphatic rings. The highest BCUT2D eigenvalue weighted by Crippen LogP contribution is 2.40. The lowest BCUT2D eigenvalue weighted by Crippen LogP contribution is -2.30. The van der Waals surface area contributed by atoms with E-state index in [9.17, 15) is 14.9 Å². The lowest BCUT2D eigenvalue weighted by molar-refractivity contribution is -0.384. The molecule has 182 valence electrons. The highest BCUT2D eigenvalue weighted by atomic mass is 32.1. The third kappa shape index (κ3) is 5.14. The van der Waals surface area contributed by atoms with Gasteiger partial charge in [-0.25, -0.2) is 4.99 Å². The van der Waals surface area contributed by atoms with E-state index in [4.69, 9.17) is 9.41 Å². The minimum absolute atomic E-state index is 0.0362. The molecule has 3 aromatic rings. The third-order valence-electron chi connectivity index (χ3n) is 6.62. The number of hydrogen-bond acceptors (Lipinski definition) is 7. The summed E-state index contributed by atoms with van der Waals surface area (Å²) in [5.41, 5.74) is 3.39. The first kappa shape index (κ1) is 23.3. The number of nitrogens with one attached hydrogen (secondary N) is 1. The number of nitrogens with zero attached hydrogens (tertiary/aromatic N) is 3. The topological polar surface area (TPSA) is 101 Å². The van der Waals surface area contributed by atoms with Crippen LogP contribution in [0.15, 0.2) is 46.0 Å². The molecule has 0 saturated carbocycles. The SMILES string of the molecule is O=C(NCc1ccco1)c1c(N=Cc2cc([N+](=O)[O-])ccc2N2CCCCC2)sc2c1CCCC2. The fourth-order valence-electron chi connectivity index (χ4n) is 4.86. The van der Waals surface area contributed by atoms with Crippen molar-refractivity contribution in [1.82, 2.24) is 5.32 Å². The maximum atomic E-state index is 13.2. The predicted octanol–water partition coefficient (Wildman–Crippen LogP) is 5.80. The Kier molecular flexibility index (Phi) is 6.94. The molecule has 35 heavy (non-hydrogen) atoms. The van der Waals surface area contributed by atoms with Gasteiger partial charge >= 0.3 is 0 Å². The van der Waals surface area contributed by atoms with Crippen LogP contribution < -0.4 is 10.2 Å². The summed E-state index contributed by atoms with van der Waals surface area (Å²) in [6.07, 6.45) is 10.6. The zero-order chi connectivity index (χ0) is 24.2. The van der Waals surface area contributed by atoms with E-state index in [0.717, 1.165) is 62.9 Å². The first-order valence-electron chi connectivity index (χ1n) is 12.1. The highest BCUT2D eigenvalue weighted by Gasteiger charge is 2.25. The summed E-state index contributed by atoms with van der Waals surface area (Å²) in [5.74, 6) is 0.526. The number of amides is 1. The summed E-state index contributed by atoms with van der Waals surface area (Å²) >= 11 is 1.56. The number of aryl methyl sites for hydroxylation is 1. The van der Waals surface area contributed by atoms with Crippen LogP contribution in [0.2, 0.25) is 0 Å². The summed E-state index contributed by atoms with van der Waals surface area (Å²) in [7, 11) is 0. The standard InChI is InChI=1S/C26H28N4O4S/c31-25(27-17-20-7-6-14-34-20)24-21-8-2-3-9-23(21)35-26(24)28-16-18-15-19(30(32)33)10-11-22(18)29-12-4-1-5-13-29/h6-7,10-11,14-16H,1-5,8-9,12-13,17H2,(H,27,31). The van der Waals surface area contributed by atoms with Crippen molar-refractivity contribution >= 4 is 39.8 Å². The summed E-state index contributed by atoms with van der Waals surface area (Å²) in [6, 6.07) is 8.58. The lowest BCUT2D eigenvalue weighted by Gasteiger charge is -2.29. The Morgan fingerprint density at radius 3 is 2.77 bits per heavy atom. The minimum Gasteiger partial charge on any atom is -0.467 e. The van der Waals surface area contributed by atoms with E-state index in [-0.39, 0.29) is 16.5 Å². The predicted molar refractivity (Wildman–Crippen MR) is 137 cm³/mol. The number of carbonyl (C=O) groups is 1. The van der Waals surface area contributed by atoms with Gasteiger partial charge in [-0.1, -0.05) is 0 Å². The van der Waals surface area contributed by atoms with E-state index in [1.807, 2.05) is 12.1 Å². The molecule has 0 radical (unpaired) electrons. The van der Waals surface area contributed by atoms with Gasteiger partial charge in [-0.3, -0.25) is 14.9 Å². The summed E-state index contributed by atoms with van der Waals surface area (Å²) in [6.45, 7) is 2.16. The zero-order valence-electron chi connectivity index (χ0n) is 19.5. The number of fused-ring (bicyclic) bond motifs is 1. The number of hydrogen-bond donors (Lipinski definition) is 1. The van der Waals surface area contributed by atoms with Crippen LogP contribution in [0, 0.1) is 10.1 Å². The Labute approximate surface area is 207 Å². The average Bonchev–Trinajstić information content (AvgIpc) is 3.54. The number of nitro benzene ring substituents is 1. The fraction of sp³-hybridized carbons (Fsp3) is 0.385. The van der Waals surface area contributed by atoms with Gasteiger partial charge in [0.15, 0.2) is 0 Å². The fourth-order valence-corrected chi connectivity index (χ4v) is 6.09. The van der Waals surface area contributed by atoms with Crippen LogP contribution in [0.1, 0.15) is 64.2 Å². The maximum Gasteiger partial charge on any atom is 0.270 e. The van der Waals surface area contributed by atoms with Gasteiger partial charge in [0.2, 0.25) is 0 Å². The van der Waals surface area contributed by atoms with Crippen molar-refractivity contribution in [2.75, 3.05) is 18.0 Å². The smallest absolute Gasteiger partial charge is 0.270 e. The second-order valence-corrected chi connectivity index (χ2v) is 10.0. The lowest BCUT2D eigenvalue weighted by atomic mass is 9.95. The molecular weight excluding hydrogens is 464 g/mol. The molecule has 1 N–H and O–H groups in total. The van der Waals surface area contributed by atoms with Gasteiger partial charge < -0.3 is 14.6 Å². The first-order valence-corrected chi connectivity index (χ1v) is 12.9. The number of non-ortho nitro benzene ring substituents is 1. The van der Waals surface area contributed by atoms with Crippen LogP contribution in [0.5, 0.6) is 0 Å². The Morgan fingerprint density at radius 1 is 1.17 bits per heavy atom. The Morgan fingerprint density at radius 2 is 2.00 bits per heavy atom. The van der Waals surface area contributed by atoms with Crippen molar-refractivity contribution in [3.63, 3.8) is 0 Å². The molecule has 0 spiro atoms. The van der Waals surface area contributed by atoms with E-state index < -0.39 is 0 Å². The van der Waals surface area contributed by atoms with E-state index in [2.05, 4.69) is 10.2 Å². The Bertz CT molecular complexity index is 1240. The van der Waals surface area contributed by atoms with E-state index in [0.29, 0.717) is 28.4 Å². The van der Waals surface area contributed by atoms with Gasteiger partial charge in [-0.05, 0) is 68.7 Å². The van der Waals surface area contributed by atoms with Gasteiger partial charge in [0.25, 0.3) is 11.6 Å². The van der Waals surface area contributed by atoms with Crippen molar-refractivity contribution in [3.05, 3.63) is 74.0 Å². The molecule has 8 nitrogen and oxygen atoms in total. The highest BCUT2D eigenvalue weighted by molar-refractivity contribution is 7.16. The van der Waals surface area contributed by atoms with Crippen LogP contribution in [-0.4, -0.2) is 30.1 Å². The van der Waals surface area contributed by atoms with Crippen molar-refractivity contribution in [3.8, 4) is 0 Å². The quantitative estimate of drug-likeness (QED) is 0.255. The monoisotopic (exact) mass is 492 g/mol. The van der Waals surface area contributed by atoms with Gasteiger partial charge in [0, 0.05) is 47.6 Å². The molecule has 1 saturated heterocycles. The third-order valence-corrected chi connectivity index (χ3v) is 7.82. The summed E-state index contributed by atoms with van der Waals surface area (Å²) in [4.78, 5) is 32.6. The molecule has 9 heteroatoms. The molecule has 0 bridgehead atoms. The number of carbonyl (C=O) groups excluding carboxylic acids is 1. The number of nitro groups is 1. The second kappa shape index (κ2) is 10.4. The minimum atomic E-state index is -0.380. The van der Waals surface area contributed by atoms with Crippen LogP contribution in [0.25, 0.3) is 0 Å². The normalized spacial score (nSPS) is 15.8. The van der Waals surface area contributed by atoms with E-state index in [1.54, 1.807) is 42.0 Å². The number of rotatable bonds is 7. The number of piperidine rings is 1. The number of thiophene rings is 1. The molecular formula is C26H28N4O4S. The molecule has 0 atom stereocenters. The van der Waals surface area contributed by atoms with E-state index >= 15 is 0 Å². The van der Waals surface area contributed by atoms with Crippen LogP contribution in [0.4, 0.5) is 16.4 Å². The summed E-state index contributed by atoms with van der Waals surface area (Å²) < 4.78 is 5.35. The number of furan rings is 1. The molecule has 0 unspecified atom stereocenters. The van der Waals surface area contributed by atoms with Crippen LogP contribution in [0.3, 0.4) is 0 Å². The molecule has 2 aromatic heterocycles. The molecule has 5 rings (SSSR count). The second-order valence-electron chi connectivity index (χ2n) is 8.96. The molecule has 3 heterocycles.